The van der Waals surface area contributed by atoms with Gasteiger partial charge in [-0.1, -0.05) is 54.6 Å². The van der Waals surface area contributed by atoms with Gasteiger partial charge in [-0.05, 0) is 91.8 Å². The summed E-state index contributed by atoms with van der Waals surface area (Å²) in [5, 5.41) is 0. The molecule has 4 aliphatic rings. The number of carbonyl (C=O) groups is 4. The molecule has 0 atom stereocenters. The van der Waals surface area contributed by atoms with Crippen LogP contribution in [0.1, 0.15) is 112 Å². The van der Waals surface area contributed by atoms with E-state index in [1.165, 1.54) is 36.0 Å². The highest BCUT2D eigenvalue weighted by Crippen LogP contribution is 2.35. The maximum absolute atomic E-state index is 12.8. The molecule has 4 aromatic rings. The largest absolute Gasteiger partial charge is 0.289 e. The highest BCUT2D eigenvalue weighted by Gasteiger charge is 2.33. The minimum Gasteiger partial charge on any atom is -0.289 e. The molecule has 0 aromatic heterocycles. The molecule has 0 heterocycles. The molecular weight excluding hydrogens is 496 g/mol. The van der Waals surface area contributed by atoms with Crippen LogP contribution in [0.4, 0.5) is 0 Å². The van der Waals surface area contributed by atoms with Crippen LogP contribution in [0, 0.1) is 0 Å². The second-order valence-corrected chi connectivity index (χ2v) is 11.1. The molecule has 4 aliphatic carbocycles. The van der Waals surface area contributed by atoms with Crippen molar-refractivity contribution in [2.24, 2.45) is 0 Å². The van der Waals surface area contributed by atoms with Gasteiger partial charge in [0.2, 0.25) is 0 Å². The average molecular weight is 525 g/mol. The van der Waals surface area contributed by atoms with Gasteiger partial charge in [0.05, 0.1) is 0 Å². The summed E-state index contributed by atoms with van der Waals surface area (Å²) in [6, 6.07) is 22.1. The Bertz CT molecular complexity index is 1680. The SMILES string of the molecule is O=C1c2ccccc2C(=O)c2c1ccc1c2CCCC1.O=C1c2ccccc2C(=O)c2cc3c(cc21)CCCC3. The summed E-state index contributed by atoms with van der Waals surface area (Å²) in [5.74, 6) is -0.00956. The van der Waals surface area contributed by atoms with Gasteiger partial charge in [0, 0.05) is 44.5 Å². The molecule has 0 aliphatic heterocycles. The molecule has 0 amide bonds. The molecule has 196 valence electrons. The predicted octanol–water partition coefficient (Wildman–Crippen LogP) is 6.68. The smallest absolute Gasteiger partial charge is 0.194 e. The van der Waals surface area contributed by atoms with Crippen LogP contribution in [0.5, 0.6) is 0 Å². The molecule has 0 bridgehead atoms. The molecule has 0 saturated heterocycles. The van der Waals surface area contributed by atoms with E-state index >= 15 is 0 Å². The average Bonchev–Trinajstić information content (AvgIpc) is 3.01. The van der Waals surface area contributed by atoms with Crippen molar-refractivity contribution in [2.45, 2.75) is 51.4 Å². The van der Waals surface area contributed by atoms with Gasteiger partial charge < -0.3 is 0 Å². The molecule has 0 fully saturated rings. The van der Waals surface area contributed by atoms with E-state index in [0.717, 1.165) is 37.7 Å². The summed E-state index contributed by atoms with van der Waals surface area (Å²) in [5.41, 5.74) is 9.48. The standard InChI is InChI=1S/2C18H14O2/c19-17-13-7-3-4-8-14(13)18(20)16-10-12-6-2-1-5-11(12)9-15(16)17;19-17-13-7-3-4-8-14(13)18(20)16-12-6-2-1-5-11(12)9-10-15(16)17/h2*3-4,7-10H,1-2,5-6H2. The van der Waals surface area contributed by atoms with Crippen molar-refractivity contribution in [3.05, 3.63) is 140 Å². The maximum Gasteiger partial charge on any atom is 0.194 e. The Morgan fingerprint density at radius 1 is 0.375 bits per heavy atom. The fourth-order valence-electron chi connectivity index (χ4n) is 6.77. The van der Waals surface area contributed by atoms with Gasteiger partial charge in [0.1, 0.15) is 0 Å². The molecule has 0 N–H and O–H groups in total. The van der Waals surface area contributed by atoms with Crippen LogP contribution >= 0.6 is 0 Å². The first-order valence-corrected chi connectivity index (χ1v) is 14.2. The summed E-state index contributed by atoms with van der Waals surface area (Å²) >= 11 is 0. The summed E-state index contributed by atoms with van der Waals surface area (Å²) in [4.78, 5) is 50.5. The summed E-state index contributed by atoms with van der Waals surface area (Å²) in [7, 11) is 0. The van der Waals surface area contributed by atoms with Crippen molar-refractivity contribution in [1.29, 1.82) is 0 Å². The molecule has 0 saturated carbocycles. The van der Waals surface area contributed by atoms with Crippen LogP contribution in [0.3, 0.4) is 0 Å². The molecular formula is C36H28O4. The third-order valence-electron chi connectivity index (χ3n) is 8.81. The van der Waals surface area contributed by atoms with Crippen molar-refractivity contribution in [1.82, 2.24) is 0 Å². The van der Waals surface area contributed by atoms with Gasteiger partial charge in [-0.25, -0.2) is 0 Å². The van der Waals surface area contributed by atoms with Crippen LogP contribution in [0.2, 0.25) is 0 Å². The molecule has 0 radical (unpaired) electrons. The Labute approximate surface area is 233 Å². The van der Waals surface area contributed by atoms with Crippen LogP contribution in [0.25, 0.3) is 0 Å². The highest BCUT2D eigenvalue weighted by atomic mass is 16.1. The number of benzene rings is 4. The Hall–Kier alpha value is -4.44. The number of fused-ring (bicyclic) bond motifs is 7. The van der Waals surface area contributed by atoms with E-state index in [-0.39, 0.29) is 23.1 Å². The zero-order valence-electron chi connectivity index (χ0n) is 22.2. The van der Waals surface area contributed by atoms with E-state index in [2.05, 4.69) is 0 Å². The van der Waals surface area contributed by atoms with E-state index in [1.54, 1.807) is 24.3 Å². The number of ketones is 4. The lowest BCUT2D eigenvalue weighted by Crippen LogP contribution is -2.24. The molecule has 4 nitrogen and oxygen atoms in total. The fourth-order valence-corrected chi connectivity index (χ4v) is 6.77. The van der Waals surface area contributed by atoms with Crippen molar-refractivity contribution in [3.63, 3.8) is 0 Å². The van der Waals surface area contributed by atoms with Gasteiger partial charge in [-0.15, -0.1) is 0 Å². The third-order valence-corrected chi connectivity index (χ3v) is 8.81. The number of rotatable bonds is 0. The van der Waals surface area contributed by atoms with E-state index in [1.807, 2.05) is 48.5 Å². The minimum absolute atomic E-state index is 0.0106. The van der Waals surface area contributed by atoms with Crippen molar-refractivity contribution >= 4 is 23.1 Å². The Kier molecular flexibility index (Phi) is 5.92. The van der Waals surface area contributed by atoms with Crippen LogP contribution in [0.15, 0.2) is 72.8 Å². The summed E-state index contributed by atoms with van der Waals surface area (Å²) in [6.45, 7) is 0. The zero-order valence-corrected chi connectivity index (χ0v) is 22.2. The lowest BCUT2D eigenvalue weighted by molar-refractivity contribution is 0.0978. The number of aryl methyl sites for hydroxylation is 3. The van der Waals surface area contributed by atoms with Crippen LogP contribution in [-0.2, 0) is 25.7 Å². The second kappa shape index (κ2) is 9.63. The van der Waals surface area contributed by atoms with E-state index in [0.29, 0.717) is 44.5 Å². The molecule has 4 aromatic carbocycles. The van der Waals surface area contributed by atoms with Gasteiger partial charge >= 0.3 is 0 Å². The van der Waals surface area contributed by atoms with E-state index < -0.39 is 0 Å². The normalized spacial score (nSPS) is 16.4. The van der Waals surface area contributed by atoms with E-state index in [4.69, 9.17) is 0 Å². The van der Waals surface area contributed by atoms with Gasteiger partial charge in [0.15, 0.2) is 23.1 Å². The second-order valence-electron chi connectivity index (χ2n) is 11.1. The highest BCUT2D eigenvalue weighted by molar-refractivity contribution is 6.29. The lowest BCUT2D eigenvalue weighted by Gasteiger charge is -2.24. The van der Waals surface area contributed by atoms with Gasteiger partial charge in [-0.3, -0.25) is 19.2 Å². The van der Waals surface area contributed by atoms with Gasteiger partial charge in [0.25, 0.3) is 0 Å². The number of carbonyl (C=O) groups excluding carboxylic acids is 4. The Balaban J connectivity index is 0.000000132. The summed E-state index contributed by atoms with van der Waals surface area (Å²) < 4.78 is 0. The zero-order chi connectivity index (χ0) is 27.4. The predicted molar refractivity (Wildman–Crippen MR) is 153 cm³/mol. The molecule has 40 heavy (non-hydrogen) atoms. The Morgan fingerprint density at radius 3 is 1.32 bits per heavy atom. The first kappa shape index (κ1) is 24.6. The topological polar surface area (TPSA) is 68.3 Å². The summed E-state index contributed by atoms with van der Waals surface area (Å²) in [6.07, 6.45) is 8.59. The van der Waals surface area contributed by atoms with Crippen LogP contribution < -0.4 is 0 Å². The first-order valence-electron chi connectivity index (χ1n) is 14.2. The van der Waals surface area contributed by atoms with Crippen molar-refractivity contribution < 1.29 is 19.2 Å². The molecule has 0 spiro atoms. The quantitative estimate of drug-likeness (QED) is 0.222. The molecule has 8 rings (SSSR count). The molecule has 4 heteroatoms. The lowest BCUT2D eigenvalue weighted by atomic mass is 9.77. The van der Waals surface area contributed by atoms with Crippen molar-refractivity contribution in [3.8, 4) is 0 Å². The Morgan fingerprint density at radius 2 is 0.800 bits per heavy atom. The van der Waals surface area contributed by atoms with E-state index in [9.17, 15) is 19.2 Å². The van der Waals surface area contributed by atoms with Gasteiger partial charge in [-0.2, -0.15) is 0 Å². The number of hydrogen-bond acceptors (Lipinski definition) is 4. The monoisotopic (exact) mass is 524 g/mol. The molecule has 0 unspecified atom stereocenters. The minimum atomic E-state index is -0.0106. The number of hydrogen-bond donors (Lipinski definition) is 0. The third kappa shape index (κ3) is 3.82. The maximum atomic E-state index is 12.8. The fraction of sp³-hybridized carbons (Fsp3) is 0.222. The first-order chi connectivity index (χ1) is 19.5. The van der Waals surface area contributed by atoms with Crippen LogP contribution in [-0.4, -0.2) is 23.1 Å². The van der Waals surface area contributed by atoms with Crippen molar-refractivity contribution in [2.75, 3.05) is 0 Å².